The van der Waals surface area contributed by atoms with Gasteiger partial charge in [0.05, 0.1) is 18.6 Å². The van der Waals surface area contributed by atoms with E-state index in [1.54, 1.807) is 25.1 Å². The zero-order valence-electron chi connectivity index (χ0n) is 22.5. The number of aliphatic hydroxyl groups excluding tert-OH is 1. The van der Waals surface area contributed by atoms with Crippen LogP contribution in [-0.2, 0) is 30.7 Å². The van der Waals surface area contributed by atoms with Crippen molar-refractivity contribution in [2.24, 2.45) is 0 Å². The number of carbonyl (C=O) groups is 1. The Morgan fingerprint density at radius 1 is 1.18 bits per heavy atom. The predicted molar refractivity (Wildman–Crippen MR) is 143 cm³/mol. The molecule has 0 radical (unpaired) electrons. The number of carbonyl (C=O) groups excluding carboxylic acids is 1. The lowest BCUT2D eigenvalue weighted by Crippen LogP contribution is -2.38. The second-order valence-corrected chi connectivity index (χ2v) is 10.8. The van der Waals surface area contributed by atoms with E-state index in [4.69, 9.17) is 28.4 Å². The first-order chi connectivity index (χ1) is 18.6. The van der Waals surface area contributed by atoms with Crippen LogP contribution in [0.15, 0.2) is 36.4 Å². The maximum Gasteiger partial charge on any atom is 0.350 e. The molecule has 3 atom stereocenters. The number of nitrogens with one attached hydrogen (secondary N) is 2. The van der Waals surface area contributed by atoms with Crippen LogP contribution in [0.5, 0.6) is 23.0 Å². The smallest absolute Gasteiger partial charge is 0.350 e. The second-order valence-electron chi connectivity index (χ2n) is 9.01. The van der Waals surface area contributed by atoms with Crippen molar-refractivity contribution in [1.82, 2.24) is 5.32 Å². The standard InChI is InChI=1S/C26H36N2O10S/c1-5-34-26(30)25-15-36-24-11-18(6-8-23(24)38-25)10-17(2)27-13-19(29)14-35-20-7-9-22(37-16-33-3)21(12-20)28-39(4,31)32/h6-9,11-12,17,19,25,27-29H,5,10,13-16H2,1-4H3/t17-,19+,25?/m1/s1. The molecule has 0 bridgehead atoms. The molecule has 39 heavy (non-hydrogen) atoms. The fourth-order valence-electron chi connectivity index (χ4n) is 3.73. The van der Waals surface area contributed by atoms with Crippen molar-refractivity contribution in [3.05, 3.63) is 42.0 Å². The van der Waals surface area contributed by atoms with Gasteiger partial charge >= 0.3 is 5.97 Å². The molecule has 1 aliphatic heterocycles. The maximum absolute atomic E-state index is 11.9. The number of fused-ring (bicyclic) bond motifs is 1. The van der Waals surface area contributed by atoms with E-state index < -0.39 is 28.2 Å². The van der Waals surface area contributed by atoms with Crippen molar-refractivity contribution in [2.75, 3.05) is 51.2 Å². The average Bonchev–Trinajstić information content (AvgIpc) is 2.89. The number of methoxy groups -OCH3 is 1. The minimum Gasteiger partial charge on any atom is -0.491 e. The van der Waals surface area contributed by atoms with Gasteiger partial charge in [-0.05, 0) is 50.1 Å². The van der Waals surface area contributed by atoms with Gasteiger partial charge < -0.3 is 38.8 Å². The highest BCUT2D eigenvalue weighted by atomic mass is 32.2. The van der Waals surface area contributed by atoms with E-state index in [0.717, 1.165) is 11.8 Å². The first-order valence-electron chi connectivity index (χ1n) is 12.4. The van der Waals surface area contributed by atoms with Crippen molar-refractivity contribution in [3.8, 4) is 23.0 Å². The first-order valence-corrected chi connectivity index (χ1v) is 14.3. The molecule has 0 spiro atoms. The van der Waals surface area contributed by atoms with E-state index >= 15 is 0 Å². The highest BCUT2D eigenvalue weighted by molar-refractivity contribution is 7.92. The van der Waals surface area contributed by atoms with E-state index in [2.05, 4.69) is 10.0 Å². The number of esters is 1. The molecule has 0 saturated carbocycles. The fraction of sp³-hybridized carbons (Fsp3) is 0.500. The summed E-state index contributed by atoms with van der Waals surface area (Å²) in [4.78, 5) is 11.9. The molecule has 0 saturated heterocycles. The molecule has 3 rings (SSSR count). The Bertz CT molecular complexity index is 1210. The van der Waals surface area contributed by atoms with Crippen LogP contribution in [0.25, 0.3) is 0 Å². The van der Waals surface area contributed by atoms with Crippen molar-refractivity contribution < 1.29 is 46.7 Å². The number of hydrogen-bond acceptors (Lipinski definition) is 11. The number of sulfonamides is 1. The quantitative estimate of drug-likeness (QED) is 0.213. The number of ether oxygens (including phenoxy) is 6. The van der Waals surface area contributed by atoms with E-state index in [0.29, 0.717) is 23.7 Å². The molecular weight excluding hydrogens is 532 g/mol. The van der Waals surface area contributed by atoms with Gasteiger partial charge in [-0.3, -0.25) is 4.72 Å². The SMILES string of the molecule is CCOC(=O)C1COc2cc(C[C@@H](C)NC[C@H](O)COc3ccc(OCOC)c(NS(C)(=O)=O)c3)ccc2O1. The minimum atomic E-state index is -3.55. The van der Waals surface area contributed by atoms with Gasteiger partial charge in [0.1, 0.15) is 30.8 Å². The Labute approximate surface area is 228 Å². The summed E-state index contributed by atoms with van der Waals surface area (Å²) in [5, 5.41) is 13.7. The van der Waals surface area contributed by atoms with Crippen LogP contribution in [0.4, 0.5) is 5.69 Å². The van der Waals surface area contributed by atoms with Gasteiger partial charge in [-0.25, -0.2) is 13.2 Å². The Morgan fingerprint density at radius 2 is 1.97 bits per heavy atom. The largest absolute Gasteiger partial charge is 0.491 e. The third-order valence-corrected chi connectivity index (χ3v) is 6.07. The van der Waals surface area contributed by atoms with Gasteiger partial charge in [-0.15, -0.1) is 0 Å². The molecule has 3 N–H and O–H groups in total. The van der Waals surface area contributed by atoms with Crippen LogP contribution in [0, 0.1) is 0 Å². The lowest BCUT2D eigenvalue weighted by atomic mass is 10.1. The minimum absolute atomic E-state index is 0.0119. The molecule has 13 heteroatoms. The molecule has 2 aromatic rings. The van der Waals surface area contributed by atoms with E-state index in [-0.39, 0.29) is 50.6 Å². The van der Waals surface area contributed by atoms with E-state index in [1.807, 2.05) is 19.1 Å². The molecular formula is C26H36N2O10S. The molecule has 0 fully saturated rings. The van der Waals surface area contributed by atoms with Gasteiger partial charge in [-0.2, -0.15) is 0 Å². The van der Waals surface area contributed by atoms with Crippen LogP contribution in [0.2, 0.25) is 0 Å². The number of aliphatic hydroxyl groups is 1. The van der Waals surface area contributed by atoms with Crippen LogP contribution < -0.4 is 29.0 Å². The Kier molecular flexibility index (Phi) is 11.0. The van der Waals surface area contributed by atoms with Crippen LogP contribution in [0.3, 0.4) is 0 Å². The van der Waals surface area contributed by atoms with Crippen LogP contribution >= 0.6 is 0 Å². The van der Waals surface area contributed by atoms with Crippen molar-refractivity contribution in [3.63, 3.8) is 0 Å². The fourth-order valence-corrected chi connectivity index (χ4v) is 4.29. The zero-order valence-corrected chi connectivity index (χ0v) is 23.3. The summed E-state index contributed by atoms with van der Waals surface area (Å²) in [7, 11) is -2.09. The number of anilines is 1. The van der Waals surface area contributed by atoms with Crippen LogP contribution in [-0.4, -0.2) is 84.3 Å². The lowest BCUT2D eigenvalue weighted by Gasteiger charge is -2.25. The molecule has 1 aliphatic rings. The molecule has 0 aliphatic carbocycles. The summed E-state index contributed by atoms with van der Waals surface area (Å²) >= 11 is 0. The molecule has 0 aromatic heterocycles. The zero-order chi connectivity index (χ0) is 28.4. The third kappa shape index (κ3) is 9.77. The summed E-state index contributed by atoms with van der Waals surface area (Å²) in [6.07, 6.45) is 0.0962. The highest BCUT2D eigenvalue weighted by Gasteiger charge is 2.28. The van der Waals surface area contributed by atoms with Gasteiger partial charge in [0.25, 0.3) is 0 Å². The van der Waals surface area contributed by atoms with Crippen molar-refractivity contribution in [2.45, 2.75) is 38.5 Å². The highest BCUT2D eigenvalue weighted by Crippen LogP contribution is 2.33. The Morgan fingerprint density at radius 3 is 2.69 bits per heavy atom. The summed E-state index contributed by atoms with van der Waals surface area (Å²) in [5.74, 6) is 1.25. The monoisotopic (exact) mass is 568 g/mol. The van der Waals surface area contributed by atoms with E-state index in [9.17, 15) is 18.3 Å². The number of benzene rings is 2. The normalized spacial score (nSPS) is 16.2. The number of hydrogen-bond donors (Lipinski definition) is 3. The van der Waals surface area contributed by atoms with Gasteiger partial charge in [0, 0.05) is 25.8 Å². The van der Waals surface area contributed by atoms with E-state index in [1.165, 1.54) is 13.2 Å². The topological polar surface area (TPSA) is 151 Å². The van der Waals surface area contributed by atoms with Gasteiger partial charge in [-0.1, -0.05) is 6.07 Å². The van der Waals surface area contributed by atoms with Crippen LogP contribution in [0.1, 0.15) is 19.4 Å². The van der Waals surface area contributed by atoms with Gasteiger partial charge in [0.2, 0.25) is 16.1 Å². The molecule has 2 aromatic carbocycles. The summed E-state index contributed by atoms with van der Waals surface area (Å²) in [5.41, 5.74) is 1.20. The molecule has 216 valence electrons. The molecule has 1 heterocycles. The summed E-state index contributed by atoms with van der Waals surface area (Å²) in [6, 6.07) is 10.2. The maximum atomic E-state index is 11.9. The molecule has 12 nitrogen and oxygen atoms in total. The average molecular weight is 569 g/mol. The van der Waals surface area contributed by atoms with Gasteiger partial charge in [0.15, 0.2) is 18.3 Å². The second kappa shape index (κ2) is 14.2. The molecule has 0 amide bonds. The Balaban J connectivity index is 1.47. The summed E-state index contributed by atoms with van der Waals surface area (Å²) in [6.45, 7) is 4.30. The van der Waals surface area contributed by atoms with Crippen molar-refractivity contribution in [1.29, 1.82) is 0 Å². The number of rotatable bonds is 15. The molecule has 1 unspecified atom stereocenters. The predicted octanol–water partition coefficient (Wildman–Crippen LogP) is 1.70. The Hall–Kier alpha value is -3.26. The third-order valence-electron chi connectivity index (χ3n) is 5.48. The van der Waals surface area contributed by atoms with Crippen molar-refractivity contribution >= 4 is 21.7 Å². The first kappa shape index (κ1) is 30.3. The lowest BCUT2D eigenvalue weighted by molar-refractivity contribution is -0.153. The summed E-state index contributed by atoms with van der Waals surface area (Å²) < 4.78 is 58.1.